The van der Waals surface area contributed by atoms with Gasteiger partial charge in [-0.1, -0.05) is 56.3 Å². The van der Waals surface area contributed by atoms with Gasteiger partial charge in [-0.25, -0.2) is 0 Å². The third-order valence-corrected chi connectivity index (χ3v) is 4.34. The molecule has 1 unspecified atom stereocenters. The van der Waals surface area contributed by atoms with E-state index in [4.69, 9.17) is 5.73 Å². The summed E-state index contributed by atoms with van der Waals surface area (Å²) in [6, 6.07) is 19.2. The van der Waals surface area contributed by atoms with E-state index in [9.17, 15) is 0 Å². The van der Waals surface area contributed by atoms with Gasteiger partial charge in [-0.2, -0.15) is 0 Å². The minimum absolute atomic E-state index is 0.0935. The quantitative estimate of drug-likeness (QED) is 0.804. The average molecular weight is 271 g/mol. The number of rotatable bonds is 5. The summed E-state index contributed by atoms with van der Waals surface area (Å²) in [7, 11) is 0. The van der Waals surface area contributed by atoms with Gasteiger partial charge in [0.15, 0.2) is 0 Å². The topological polar surface area (TPSA) is 26.0 Å². The van der Waals surface area contributed by atoms with Crippen LogP contribution < -0.4 is 5.73 Å². The summed E-state index contributed by atoms with van der Waals surface area (Å²) in [6.45, 7) is 4.43. The molecule has 0 saturated carbocycles. The molecular weight excluding hydrogens is 250 g/mol. The molecular formula is C17H21NS. The number of hydrogen-bond donors (Lipinski definition) is 1. The van der Waals surface area contributed by atoms with Crippen molar-refractivity contribution < 1.29 is 0 Å². The van der Waals surface area contributed by atoms with Gasteiger partial charge in [0.2, 0.25) is 0 Å². The lowest BCUT2D eigenvalue weighted by Gasteiger charge is -2.12. The molecule has 0 amide bonds. The third kappa shape index (κ3) is 4.12. The highest BCUT2D eigenvalue weighted by atomic mass is 32.2. The predicted molar refractivity (Wildman–Crippen MR) is 84.6 cm³/mol. The van der Waals surface area contributed by atoms with Gasteiger partial charge in [-0.15, -0.1) is 11.8 Å². The molecule has 2 N–H and O–H groups in total. The van der Waals surface area contributed by atoms with E-state index in [2.05, 4.69) is 50.2 Å². The first-order valence-electron chi connectivity index (χ1n) is 6.70. The van der Waals surface area contributed by atoms with Crippen molar-refractivity contribution in [1.82, 2.24) is 0 Å². The molecule has 1 atom stereocenters. The second kappa shape index (κ2) is 6.78. The molecule has 19 heavy (non-hydrogen) atoms. The molecule has 0 bridgehead atoms. The normalized spacial score (nSPS) is 12.6. The van der Waals surface area contributed by atoms with Crippen LogP contribution in [0.3, 0.4) is 0 Å². The lowest BCUT2D eigenvalue weighted by molar-refractivity contribution is 0.831. The summed E-state index contributed by atoms with van der Waals surface area (Å²) in [5.41, 5.74) is 8.79. The van der Waals surface area contributed by atoms with E-state index < -0.39 is 0 Å². The van der Waals surface area contributed by atoms with Crippen LogP contribution in [0.15, 0.2) is 59.5 Å². The van der Waals surface area contributed by atoms with Crippen molar-refractivity contribution in [2.45, 2.75) is 30.7 Å². The molecule has 100 valence electrons. The Balaban J connectivity index is 1.92. The lowest BCUT2D eigenvalue weighted by atomic mass is 10.0. The van der Waals surface area contributed by atoms with Crippen LogP contribution in [0.5, 0.6) is 0 Å². The van der Waals surface area contributed by atoms with Crippen molar-refractivity contribution in [3.63, 3.8) is 0 Å². The highest BCUT2D eigenvalue weighted by molar-refractivity contribution is 7.99. The number of nitrogens with two attached hydrogens (primary N) is 1. The fraction of sp³-hybridized carbons (Fsp3) is 0.294. The van der Waals surface area contributed by atoms with Crippen molar-refractivity contribution in [3.8, 4) is 0 Å². The highest BCUT2D eigenvalue weighted by Crippen LogP contribution is 2.25. The Labute approximate surface area is 120 Å². The summed E-state index contributed by atoms with van der Waals surface area (Å²) in [4.78, 5) is 1.29. The highest BCUT2D eigenvalue weighted by Gasteiger charge is 2.06. The Kier molecular flexibility index (Phi) is 5.06. The Morgan fingerprint density at radius 2 is 1.53 bits per heavy atom. The zero-order valence-corrected chi connectivity index (χ0v) is 12.4. The van der Waals surface area contributed by atoms with Gasteiger partial charge in [0.1, 0.15) is 0 Å². The Bertz CT molecular complexity index is 490. The molecule has 0 aliphatic rings. The van der Waals surface area contributed by atoms with E-state index >= 15 is 0 Å². The van der Waals surface area contributed by atoms with Crippen LogP contribution in [0.1, 0.15) is 36.9 Å². The molecule has 0 heterocycles. The van der Waals surface area contributed by atoms with E-state index in [0.717, 1.165) is 5.75 Å². The average Bonchev–Trinajstić information content (AvgIpc) is 2.46. The molecule has 0 spiro atoms. The van der Waals surface area contributed by atoms with Crippen LogP contribution in [0.25, 0.3) is 0 Å². The second-order valence-corrected chi connectivity index (χ2v) is 6.15. The molecule has 0 radical (unpaired) electrons. The second-order valence-electron chi connectivity index (χ2n) is 5.05. The standard InChI is InChI=1S/C17H21NS/c1-13(2)14-8-10-16(11-9-14)19-12-17(18)15-6-4-3-5-7-15/h3-11,13,17H,12,18H2,1-2H3. The zero-order valence-electron chi connectivity index (χ0n) is 11.5. The smallest absolute Gasteiger partial charge is 0.0390 e. The molecule has 1 nitrogen and oxygen atoms in total. The van der Waals surface area contributed by atoms with Gasteiger partial charge in [-0.05, 0) is 29.2 Å². The Hall–Kier alpha value is -1.25. The van der Waals surface area contributed by atoms with Crippen molar-refractivity contribution in [1.29, 1.82) is 0 Å². The molecule has 0 fully saturated rings. The van der Waals surface area contributed by atoms with Crippen LogP contribution in [-0.4, -0.2) is 5.75 Å². The lowest BCUT2D eigenvalue weighted by Crippen LogP contribution is -2.12. The van der Waals surface area contributed by atoms with Crippen molar-refractivity contribution >= 4 is 11.8 Å². The Morgan fingerprint density at radius 1 is 0.895 bits per heavy atom. The molecule has 2 rings (SSSR count). The molecule has 0 aromatic heterocycles. The first-order valence-corrected chi connectivity index (χ1v) is 7.68. The summed E-state index contributed by atoms with van der Waals surface area (Å²) >= 11 is 1.82. The molecule has 2 aromatic carbocycles. The number of benzene rings is 2. The summed E-state index contributed by atoms with van der Waals surface area (Å²) in [5.74, 6) is 1.50. The zero-order chi connectivity index (χ0) is 13.7. The maximum atomic E-state index is 6.20. The van der Waals surface area contributed by atoms with Gasteiger partial charge >= 0.3 is 0 Å². The molecule has 0 aliphatic carbocycles. The predicted octanol–water partition coefficient (Wildman–Crippen LogP) is 4.60. The largest absolute Gasteiger partial charge is 0.323 e. The van der Waals surface area contributed by atoms with Gasteiger partial charge in [0.05, 0.1) is 0 Å². The minimum Gasteiger partial charge on any atom is -0.323 e. The van der Waals surface area contributed by atoms with Crippen molar-refractivity contribution in [2.75, 3.05) is 5.75 Å². The SMILES string of the molecule is CC(C)c1ccc(SCC(N)c2ccccc2)cc1. The van der Waals surface area contributed by atoms with E-state index in [1.165, 1.54) is 16.0 Å². The van der Waals surface area contributed by atoms with Crippen LogP contribution >= 0.6 is 11.8 Å². The van der Waals surface area contributed by atoms with Crippen LogP contribution in [0.4, 0.5) is 0 Å². The van der Waals surface area contributed by atoms with E-state index in [1.54, 1.807) is 0 Å². The molecule has 0 saturated heterocycles. The first-order chi connectivity index (χ1) is 9.16. The van der Waals surface area contributed by atoms with Crippen LogP contribution in [0, 0.1) is 0 Å². The summed E-state index contributed by atoms with van der Waals surface area (Å²) < 4.78 is 0. The van der Waals surface area contributed by atoms with E-state index in [-0.39, 0.29) is 6.04 Å². The van der Waals surface area contributed by atoms with Gasteiger partial charge in [-0.3, -0.25) is 0 Å². The summed E-state index contributed by atoms with van der Waals surface area (Å²) in [5, 5.41) is 0. The maximum absolute atomic E-state index is 6.20. The molecule has 2 aromatic rings. The Morgan fingerprint density at radius 3 is 2.11 bits per heavy atom. The first kappa shape index (κ1) is 14.2. The third-order valence-electron chi connectivity index (χ3n) is 3.20. The van der Waals surface area contributed by atoms with E-state index in [1.807, 2.05) is 30.0 Å². The van der Waals surface area contributed by atoms with Crippen molar-refractivity contribution in [2.24, 2.45) is 5.73 Å². The van der Waals surface area contributed by atoms with E-state index in [0.29, 0.717) is 5.92 Å². The minimum atomic E-state index is 0.0935. The van der Waals surface area contributed by atoms with Crippen molar-refractivity contribution in [3.05, 3.63) is 65.7 Å². The van der Waals surface area contributed by atoms with Gasteiger partial charge < -0.3 is 5.73 Å². The van der Waals surface area contributed by atoms with Crippen LogP contribution in [0.2, 0.25) is 0 Å². The van der Waals surface area contributed by atoms with Gasteiger partial charge in [0.25, 0.3) is 0 Å². The summed E-state index contributed by atoms with van der Waals surface area (Å²) in [6.07, 6.45) is 0. The molecule has 2 heteroatoms. The fourth-order valence-electron chi connectivity index (χ4n) is 1.93. The fourth-order valence-corrected chi connectivity index (χ4v) is 2.82. The molecule has 0 aliphatic heterocycles. The number of thioether (sulfide) groups is 1. The van der Waals surface area contributed by atoms with Crippen LogP contribution in [-0.2, 0) is 0 Å². The van der Waals surface area contributed by atoms with Gasteiger partial charge in [0, 0.05) is 16.7 Å². The monoisotopic (exact) mass is 271 g/mol. The maximum Gasteiger partial charge on any atom is 0.0390 e. The number of hydrogen-bond acceptors (Lipinski definition) is 2.